The Bertz CT molecular complexity index is 733. The highest BCUT2D eigenvalue weighted by Gasteiger charge is 2.07. The third-order valence-electron chi connectivity index (χ3n) is 3.93. The molecule has 0 bridgehead atoms. The van der Waals surface area contributed by atoms with Gasteiger partial charge in [0.05, 0.1) is 12.6 Å². The molecule has 1 atom stereocenters. The number of nitrogens with zero attached hydrogens (tertiary/aromatic N) is 1. The molecule has 160 valence electrons. The monoisotopic (exact) mass is 519 g/mol. The van der Waals surface area contributed by atoms with Crippen LogP contribution in [0.5, 0.6) is 5.75 Å². The number of alkyl halides is 2. The molecule has 0 aliphatic heterocycles. The summed E-state index contributed by atoms with van der Waals surface area (Å²) in [6, 6.07) is 16.5. The summed E-state index contributed by atoms with van der Waals surface area (Å²) in [6.07, 6.45) is -2.50. The lowest BCUT2D eigenvalue weighted by atomic mass is 10.1. The molecule has 0 amide bonds. The van der Waals surface area contributed by atoms with Crippen molar-refractivity contribution in [1.29, 1.82) is 0 Å². The van der Waals surface area contributed by atoms with Crippen molar-refractivity contribution in [3.05, 3.63) is 65.7 Å². The Morgan fingerprint density at radius 3 is 2.55 bits per heavy atom. The van der Waals surface area contributed by atoms with Gasteiger partial charge in [0.2, 0.25) is 0 Å². The number of aliphatic imine (C=N–C) groups is 1. The van der Waals surface area contributed by atoms with Gasteiger partial charge in [0.25, 0.3) is 6.43 Å². The molecule has 0 radical (unpaired) electrons. The van der Waals surface area contributed by atoms with Gasteiger partial charge in [-0.05, 0) is 36.6 Å². The zero-order valence-electron chi connectivity index (χ0n) is 16.4. The van der Waals surface area contributed by atoms with Crippen LogP contribution in [0.15, 0.2) is 59.6 Å². The number of ether oxygens (including phenoxy) is 1. The Morgan fingerprint density at radius 2 is 1.86 bits per heavy atom. The first kappa shape index (κ1) is 25.1. The van der Waals surface area contributed by atoms with Gasteiger partial charge in [-0.25, -0.2) is 13.8 Å². The van der Waals surface area contributed by atoms with Gasteiger partial charge in [0.15, 0.2) is 5.96 Å². The third-order valence-corrected chi connectivity index (χ3v) is 3.93. The zero-order valence-corrected chi connectivity index (χ0v) is 18.7. The fourth-order valence-corrected chi connectivity index (χ4v) is 2.57. The number of aliphatic hydroxyl groups excluding tert-OH is 1. The molecule has 0 aliphatic rings. The van der Waals surface area contributed by atoms with Crippen LogP contribution in [-0.4, -0.2) is 37.2 Å². The van der Waals surface area contributed by atoms with Crippen LogP contribution in [-0.2, 0) is 6.54 Å². The van der Waals surface area contributed by atoms with E-state index < -0.39 is 19.1 Å². The number of guanidine groups is 1. The maximum atomic E-state index is 12.3. The summed E-state index contributed by atoms with van der Waals surface area (Å²) >= 11 is 0. The van der Waals surface area contributed by atoms with Crippen molar-refractivity contribution in [1.82, 2.24) is 10.6 Å². The van der Waals surface area contributed by atoms with Crippen molar-refractivity contribution in [3.8, 4) is 5.75 Å². The molecule has 0 saturated heterocycles. The molecule has 8 heteroatoms. The van der Waals surface area contributed by atoms with Crippen molar-refractivity contribution in [2.24, 2.45) is 4.99 Å². The standard InChI is InChI=1S/C21H27F2N3O2.HI/c1-2-24-21(25-12-11-19(27)17-8-4-3-5-9-17)26-14-16-7-6-10-18(13-16)28-15-20(22)23;/h3-10,13,19-20,27H,2,11-12,14-15H2,1H3,(H2,24,25,26);1H. The normalized spacial score (nSPS) is 12.2. The molecule has 0 aromatic heterocycles. The SMILES string of the molecule is CCNC(=NCc1cccc(OCC(F)F)c1)NCCC(O)c1ccccc1.I. The van der Waals surface area contributed by atoms with Crippen molar-refractivity contribution in [2.45, 2.75) is 32.4 Å². The van der Waals surface area contributed by atoms with E-state index in [9.17, 15) is 13.9 Å². The maximum Gasteiger partial charge on any atom is 0.272 e. The van der Waals surface area contributed by atoms with Gasteiger partial charge < -0.3 is 20.5 Å². The van der Waals surface area contributed by atoms with Crippen LogP contribution in [0.4, 0.5) is 8.78 Å². The van der Waals surface area contributed by atoms with Gasteiger partial charge in [-0.15, -0.1) is 24.0 Å². The lowest BCUT2D eigenvalue weighted by Crippen LogP contribution is -2.38. The van der Waals surface area contributed by atoms with Gasteiger partial charge in [0.1, 0.15) is 12.4 Å². The van der Waals surface area contributed by atoms with Gasteiger partial charge in [-0.3, -0.25) is 0 Å². The van der Waals surface area contributed by atoms with Gasteiger partial charge in [0, 0.05) is 13.1 Å². The van der Waals surface area contributed by atoms with Crippen molar-refractivity contribution in [3.63, 3.8) is 0 Å². The number of hydrogen-bond acceptors (Lipinski definition) is 3. The van der Waals surface area contributed by atoms with Gasteiger partial charge in [-0.2, -0.15) is 0 Å². The first-order valence-electron chi connectivity index (χ1n) is 9.33. The molecule has 0 fully saturated rings. The van der Waals surface area contributed by atoms with Crippen LogP contribution in [0.2, 0.25) is 0 Å². The number of aliphatic hydroxyl groups is 1. The van der Waals surface area contributed by atoms with E-state index in [0.29, 0.717) is 37.8 Å². The van der Waals surface area contributed by atoms with Crippen molar-refractivity contribution >= 4 is 29.9 Å². The summed E-state index contributed by atoms with van der Waals surface area (Å²) < 4.78 is 29.6. The molecular formula is C21H28F2IN3O2. The zero-order chi connectivity index (χ0) is 20.2. The number of nitrogens with one attached hydrogen (secondary N) is 2. The number of rotatable bonds is 10. The van der Waals surface area contributed by atoms with Crippen LogP contribution in [0.3, 0.4) is 0 Å². The molecule has 5 nitrogen and oxygen atoms in total. The van der Waals surface area contributed by atoms with Crippen LogP contribution >= 0.6 is 24.0 Å². The molecule has 0 aliphatic carbocycles. The highest BCUT2D eigenvalue weighted by Crippen LogP contribution is 2.16. The molecule has 0 heterocycles. The minimum absolute atomic E-state index is 0. The van der Waals surface area contributed by atoms with E-state index in [2.05, 4.69) is 15.6 Å². The molecule has 29 heavy (non-hydrogen) atoms. The largest absolute Gasteiger partial charge is 0.488 e. The minimum atomic E-state index is -2.50. The van der Waals surface area contributed by atoms with E-state index in [1.54, 1.807) is 18.2 Å². The summed E-state index contributed by atoms with van der Waals surface area (Å²) in [5.41, 5.74) is 1.74. The van der Waals surface area contributed by atoms with E-state index in [-0.39, 0.29) is 24.0 Å². The van der Waals surface area contributed by atoms with E-state index in [1.165, 1.54) is 0 Å². The second-order valence-corrected chi connectivity index (χ2v) is 6.19. The maximum absolute atomic E-state index is 12.3. The van der Waals surface area contributed by atoms with Crippen molar-refractivity contribution < 1.29 is 18.6 Å². The summed E-state index contributed by atoms with van der Waals surface area (Å²) in [7, 11) is 0. The topological polar surface area (TPSA) is 65.9 Å². The molecule has 2 rings (SSSR count). The number of benzene rings is 2. The average molecular weight is 519 g/mol. The summed E-state index contributed by atoms with van der Waals surface area (Å²) in [4.78, 5) is 4.50. The van der Waals surface area contributed by atoms with Crippen molar-refractivity contribution in [2.75, 3.05) is 19.7 Å². The third kappa shape index (κ3) is 9.89. The molecule has 3 N–H and O–H groups in total. The van der Waals surface area contributed by atoms with Crippen LogP contribution in [0.1, 0.15) is 30.6 Å². The quantitative estimate of drug-likeness (QED) is 0.251. The molecular weight excluding hydrogens is 491 g/mol. The highest BCUT2D eigenvalue weighted by atomic mass is 127. The molecule has 0 spiro atoms. The van der Waals surface area contributed by atoms with Crippen LogP contribution in [0, 0.1) is 0 Å². The average Bonchev–Trinajstić information content (AvgIpc) is 2.71. The number of halogens is 3. The van der Waals surface area contributed by atoms with E-state index >= 15 is 0 Å². The lowest BCUT2D eigenvalue weighted by molar-refractivity contribution is 0.0818. The summed E-state index contributed by atoms with van der Waals surface area (Å²) in [5, 5.41) is 16.6. The number of hydrogen-bond donors (Lipinski definition) is 3. The molecule has 0 saturated carbocycles. The minimum Gasteiger partial charge on any atom is -0.488 e. The Labute approximate surface area is 187 Å². The van der Waals surface area contributed by atoms with E-state index in [1.807, 2.05) is 43.3 Å². The first-order chi connectivity index (χ1) is 13.6. The molecule has 1 unspecified atom stereocenters. The smallest absolute Gasteiger partial charge is 0.272 e. The lowest BCUT2D eigenvalue weighted by Gasteiger charge is -2.14. The first-order valence-corrected chi connectivity index (χ1v) is 9.33. The van der Waals surface area contributed by atoms with E-state index in [4.69, 9.17) is 4.74 Å². The Kier molecular flexibility index (Phi) is 12.2. The van der Waals surface area contributed by atoms with E-state index in [0.717, 1.165) is 11.1 Å². The second kappa shape index (κ2) is 14.1. The Morgan fingerprint density at radius 1 is 1.10 bits per heavy atom. The summed E-state index contributed by atoms with van der Waals surface area (Å²) in [6.45, 7) is 2.97. The second-order valence-electron chi connectivity index (χ2n) is 6.19. The predicted octanol–water partition coefficient (Wildman–Crippen LogP) is 4.13. The Balaban J connectivity index is 0.00000420. The summed E-state index contributed by atoms with van der Waals surface area (Å²) in [5.74, 6) is 1.03. The van der Waals surface area contributed by atoms with Crippen LogP contribution < -0.4 is 15.4 Å². The van der Waals surface area contributed by atoms with Gasteiger partial charge in [-0.1, -0.05) is 42.5 Å². The van der Waals surface area contributed by atoms with Crippen LogP contribution in [0.25, 0.3) is 0 Å². The Hall–Kier alpha value is -1.94. The fraction of sp³-hybridized carbons (Fsp3) is 0.381. The molecule has 2 aromatic carbocycles. The predicted molar refractivity (Wildman–Crippen MR) is 122 cm³/mol. The fourth-order valence-electron chi connectivity index (χ4n) is 2.57. The van der Waals surface area contributed by atoms with Gasteiger partial charge >= 0.3 is 0 Å². The highest BCUT2D eigenvalue weighted by molar-refractivity contribution is 14.0. The molecule has 2 aromatic rings.